The molecule has 0 unspecified atom stereocenters. The van der Waals surface area contributed by atoms with Gasteiger partial charge in [-0.25, -0.2) is 0 Å². The lowest BCUT2D eigenvalue weighted by molar-refractivity contribution is 0.0680. The fourth-order valence-corrected chi connectivity index (χ4v) is 3.82. The van der Waals surface area contributed by atoms with Gasteiger partial charge >= 0.3 is 0 Å². The summed E-state index contributed by atoms with van der Waals surface area (Å²) in [6, 6.07) is 10.1. The molecule has 1 saturated heterocycles. The van der Waals surface area contributed by atoms with E-state index in [1.54, 1.807) is 49.7 Å². The lowest BCUT2D eigenvalue weighted by Crippen LogP contribution is -2.37. The van der Waals surface area contributed by atoms with Crippen LogP contribution in [0.5, 0.6) is 5.75 Å². The smallest absolute Gasteiger partial charge is 0.254 e. The standard InChI is InChI=1S/C24H31N3O4/c1-30-14-13-27(12-8-18-6-10-25-11-7-18)24(29)20-15-19(16-21(17-20)31-2)23(28)22-5-3-4-9-26-22/h3-5,9,15-18,25H,6-8,10-14H2,1-2H3. The molecule has 1 aliphatic heterocycles. The number of aromatic nitrogens is 1. The molecule has 1 fully saturated rings. The van der Waals surface area contributed by atoms with E-state index in [-0.39, 0.29) is 11.7 Å². The normalized spacial score (nSPS) is 14.3. The summed E-state index contributed by atoms with van der Waals surface area (Å²) in [5, 5.41) is 3.38. The Bertz CT molecular complexity index is 866. The number of carbonyl (C=O) groups excluding carboxylic acids is 2. The highest BCUT2D eigenvalue weighted by atomic mass is 16.5. The largest absolute Gasteiger partial charge is 0.497 e. The maximum absolute atomic E-state index is 13.4. The zero-order valence-electron chi connectivity index (χ0n) is 18.3. The van der Waals surface area contributed by atoms with Gasteiger partial charge in [0.05, 0.1) is 13.7 Å². The van der Waals surface area contributed by atoms with E-state index in [1.807, 2.05) is 4.90 Å². The van der Waals surface area contributed by atoms with Crippen LogP contribution in [-0.4, -0.2) is 68.6 Å². The number of rotatable bonds is 10. The topological polar surface area (TPSA) is 80.8 Å². The van der Waals surface area contributed by atoms with Crippen molar-refractivity contribution < 1.29 is 19.1 Å². The second kappa shape index (κ2) is 11.6. The lowest BCUT2D eigenvalue weighted by Gasteiger charge is -2.27. The Labute approximate surface area is 183 Å². The van der Waals surface area contributed by atoms with Crippen molar-refractivity contribution in [3.63, 3.8) is 0 Å². The van der Waals surface area contributed by atoms with Gasteiger partial charge in [-0.1, -0.05) is 6.07 Å². The van der Waals surface area contributed by atoms with Crippen molar-refractivity contribution in [2.75, 3.05) is 47.0 Å². The Morgan fingerprint density at radius 3 is 2.55 bits per heavy atom. The van der Waals surface area contributed by atoms with E-state index >= 15 is 0 Å². The van der Waals surface area contributed by atoms with Crippen molar-refractivity contribution in [2.24, 2.45) is 5.92 Å². The molecule has 0 aliphatic carbocycles. The summed E-state index contributed by atoms with van der Waals surface area (Å²) in [5.74, 6) is 0.715. The molecule has 2 aromatic rings. The summed E-state index contributed by atoms with van der Waals surface area (Å²) in [6.45, 7) is 3.69. The highest BCUT2D eigenvalue weighted by Gasteiger charge is 2.22. The van der Waals surface area contributed by atoms with Crippen LogP contribution in [0.2, 0.25) is 0 Å². The van der Waals surface area contributed by atoms with Gasteiger partial charge in [0, 0.05) is 37.5 Å². The number of nitrogens with zero attached hydrogens (tertiary/aromatic N) is 2. The molecule has 1 amide bonds. The summed E-state index contributed by atoms with van der Waals surface area (Å²) in [6.07, 6.45) is 4.80. The maximum atomic E-state index is 13.4. The number of ether oxygens (including phenoxy) is 2. The Kier molecular flexibility index (Phi) is 8.55. The van der Waals surface area contributed by atoms with Gasteiger partial charge in [0.1, 0.15) is 11.4 Å². The second-order valence-electron chi connectivity index (χ2n) is 7.76. The van der Waals surface area contributed by atoms with E-state index in [2.05, 4.69) is 10.3 Å². The van der Waals surface area contributed by atoms with Crippen molar-refractivity contribution >= 4 is 11.7 Å². The van der Waals surface area contributed by atoms with Crippen LogP contribution in [0.15, 0.2) is 42.6 Å². The van der Waals surface area contributed by atoms with E-state index in [9.17, 15) is 9.59 Å². The van der Waals surface area contributed by atoms with Crippen molar-refractivity contribution in [3.05, 3.63) is 59.4 Å². The fourth-order valence-electron chi connectivity index (χ4n) is 3.82. The molecule has 1 N–H and O–H groups in total. The molecule has 0 spiro atoms. The number of pyridine rings is 1. The average Bonchev–Trinajstić information content (AvgIpc) is 2.84. The van der Waals surface area contributed by atoms with Crippen molar-refractivity contribution in [2.45, 2.75) is 19.3 Å². The first-order chi connectivity index (χ1) is 15.1. The molecule has 31 heavy (non-hydrogen) atoms. The summed E-state index contributed by atoms with van der Waals surface area (Å²) >= 11 is 0. The summed E-state index contributed by atoms with van der Waals surface area (Å²) in [5.41, 5.74) is 1.14. The molecule has 1 aromatic carbocycles. The van der Waals surface area contributed by atoms with Crippen molar-refractivity contribution in [1.82, 2.24) is 15.2 Å². The van der Waals surface area contributed by atoms with Crippen LogP contribution < -0.4 is 10.1 Å². The molecule has 7 heteroatoms. The average molecular weight is 426 g/mol. The Hall–Kier alpha value is -2.77. The zero-order chi connectivity index (χ0) is 22.1. The first kappa shape index (κ1) is 22.9. The van der Waals surface area contributed by atoms with Gasteiger partial charge in [-0.05, 0) is 68.6 Å². The van der Waals surface area contributed by atoms with Crippen LogP contribution in [0.4, 0.5) is 0 Å². The third-order valence-corrected chi connectivity index (χ3v) is 5.67. The number of nitrogens with one attached hydrogen (secondary N) is 1. The van der Waals surface area contributed by atoms with E-state index in [0.29, 0.717) is 48.2 Å². The number of piperidine rings is 1. The molecule has 0 saturated carbocycles. The Balaban J connectivity index is 1.81. The van der Waals surface area contributed by atoms with Gasteiger partial charge in [-0.15, -0.1) is 0 Å². The molecule has 7 nitrogen and oxygen atoms in total. The number of methoxy groups -OCH3 is 2. The molecule has 166 valence electrons. The van der Waals surface area contributed by atoms with Crippen LogP contribution in [-0.2, 0) is 4.74 Å². The summed E-state index contributed by atoms with van der Waals surface area (Å²) in [7, 11) is 3.16. The van der Waals surface area contributed by atoms with Gasteiger partial charge < -0.3 is 19.7 Å². The first-order valence-corrected chi connectivity index (χ1v) is 10.8. The van der Waals surface area contributed by atoms with E-state index in [4.69, 9.17) is 9.47 Å². The fraction of sp³-hybridized carbons (Fsp3) is 0.458. The first-order valence-electron chi connectivity index (χ1n) is 10.8. The monoisotopic (exact) mass is 425 g/mol. The third-order valence-electron chi connectivity index (χ3n) is 5.67. The number of hydrogen-bond acceptors (Lipinski definition) is 6. The highest BCUT2D eigenvalue weighted by molar-refractivity contribution is 6.09. The number of carbonyl (C=O) groups is 2. The molecule has 1 aliphatic rings. The SMILES string of the molecule is COCCN(CCC1CCNCC1)C(=O)c1cc(OC)cc(C(=O)c2ccccn2)c1. The molecule has 0 atom stereocenters. The van der Waals surface area contributed by atoms with E-state index < -0.39 is 0 Å². The van der Waals surface area contributed by atoms with E-state index in [1.165, 1.54) is 7.11 Å². The minimum Gasteiger partial charge on any atom is -0.497 e. The molecule has 0 bridgehead atoms. The number of hydrogen-bond donors (Lipinski definition) is 1. The van der Waals surface area contributed by atoms with Gasteiger partial charge in [0.25, 0.3) is 5.91 Å². The molecule has 0 radical (unpaired) electrons. The molecular weight excluding hydrogens is 394 g/mol. The zero-order valence-corrected chi connectivity index (χ0v) is 18.3. The van der Waals surface area contributed by atoms with Crippen LogP contribution in [0.3, 0.4) is 0 Å². The van der Waals surface area contributed by atoms with Crippen LogP contribution in [0.25, 0.3) is 0 Å². The van der Waals surface area contributed by atoms with Gasteiger partial charge in [-0.2, -0.15) is 0 Å². The van der Waals surface area contributed by atoms with Gasteiger partial charge in [0.15, 0.2) is 0 Å². The molecule has 3 rings (SSSR count). The van der Waals surface area contributed by atoms with Crippen LogP contribution in [0.1, 0.15) is 45.7 Å². The third kappa shape index (κ3) is 6.35. The molecule has 2 heterocycles. The number of benzene rings is 1. The summed E-state index contributed by atoms with van der Waals surface area (Å²) < 4.78 is 10.6. The predicted molar refractivity (Wildman–Crippen MR) is 119 cm³/mol. The molecule has 1 aromatic heterocycles. The lowest BCUT2D eigenvalue weighted by atomic mass is 9.94. The predicted octanol–water partition coefficient (Wildman–Crippen LogP) is 2.80. The van der Waals surface area contributed by atoms with Gasteiger partial charge in [-0.3, -0.25) is 14.6 Å². The Morgan fingerprint density at radius 1 is 1.10 bits per heavy atom. The Morgan fingerprint density at radius 2 is 1.87 bits per heavy atom. The number of ketones is 1. The van der Waals surface area contributed by atoms with Gasteiger partial charge in [0.2, 0.25) is 5.78 Å². The van der Waals surface area contributed by atoms with Crippen LogP contribution in [0, 0.1) is 5.92 Å². The molecular formula is C24H31N3O4. The number of amides is 1. The quantitative estimate of drug-likeness (QED) is 0.590. The van der Waals surface area contributed by atoms with E-state index in [0.717, 1.165) is 32.4 Å². The van der Waals surface area contributed by atoms with Crippen LogP contribution >= 0.6 is 0 Å². The van der Waals surface area contributed by atoms with Crippen molar-refractivity contribution in [1.29, 1.82) is 0 Å². The summed E-state index contributed by atoms with van der Waals surface area (Å²) in [4.78, 5) is 32.2. The maximum Gasteiger partial charge on any atom is 0.254 e. The van der Waals surface area contributed by atoms with Crippen molar-refractivity contribution in [3.8, 4) is 5.75 Å². The second-order valence-corrected chi connectivity index (χ2v) is 7.76. The highest BCUT2D eigenvalue weighted by Crippen LogP contribution is 2.22. The minimum absolute atomic E-state index is 0.125. The minimum atomic E-state index is -0.244.